The van der Waals surface area contributed by atoms with Crippen LogP contribution in [0.4, 0.5) is 5.69 Å². The van der Waals surface area contributed by atoms with E-state index in [2.05, 4.69) is 39.7 Å². The van der Waals surface area contributed by atoms with Crippen LogP contribution in [0.15, 0.2) is 53.5 Å². The van der Waals surface area contributed by atoms with Crippen LogP contribution in [0, 0.1) is 5.92 Å². The van der Waals surface area contributed by atoms with Crippen LogP contribution in [0.1, 0.15) is 74.2 Å². The Morgan fingerprint density at radius 3 is 2.38 bits per heavy atom. The van der Waals surface area contributed by atoms with Crippen molar-refractivity contribution in [1.29, 1.82) is 0 Å². The van der Waals surface area contributed by atoms with E-state index in [0.717, 1.165) is 43.1 Å². The first-order valence-electron chi connectivity index (χ1n) is 15.6. The zero-order chi connectivity index (χ0) is 29.6. The van der Waals surface area contributed by atoms with Gasteiger partial charge in [0.1, 0.15) is 18.9 Å². The van der Waals surface area contributed by atoms with Gasteiger partial charge in [-0.05, 0) is 67.4 Å². The number of anilines is 1. The molecule has 0 spiro atoms. The summed E-state index contributed by atoms with van der Waals surface area (Å²) in [5.74, 6) is 0.941. The lowest BCUT2D eigenvalue weighted by molar-refractivity contribution is -0.142. The number of esters is 1. The molecule has 0 radical (unpaired) electrons. The van der Waals surface area contributed by atoms with Gasteiger partial charge < -0.3 is 25.0 Å². The van der Waals surface area contributed by atoms with E-state index in [1.54, 1.807) is 12.1 Å². The van der Waals surface area contributed by atoms with Gasteiger partial charge >= 0.3 is 5.97 Å². The second-order valence-corrected chi connectivity index (χ2v) is 11.1. The van der Waals surface area contributed by atoms with Gasteiger partial charge in [-0.3, -0.25) is 19.9 Å². The molecule has 228 valence electrons. The molecule has 0 saturated heterocycles. The van der Waals surface area contributed by atoms with Gasteiger partial charge in [0.15, 0.2) is 6.29 Å². The molecule has 1 aliphatic heterocycles. The first-order chi connectivity index (χ1) is 20.5. The van der Waals surface area contributed by atoms with Crippen LogP contribution in [0.5, 0.6) is 5.75 Å². The number of rotatable bonds is 15. The first-order valence-corrected chi connectivity index (χ1v) is 15.6. The van der Waals surface area contributed by atoms with Gasteiger partial charge in [0.25, 0.3) is 5.91 Å². The highest BCUT2D eigenvalue weighted by Gasteiger charge is 2.19. The molecule has 4 rings (SSSR count). The molecule has 0 bridgehead atoms. The summed E-state index contributed by atoms with van der Waals surface area (Å²) < 4.78 is 11.2. The van der Waals surface area contributed by atoms with Crippen LogP contribution in [-0.4, -0.2) is 75.2 Å². The SMILES string of the molecule is CCN(CC)CCOc1ccc(NC2N=CC(c3ccc(C(=O)NCC(=O)OCCC4CCCCC4)cc3)CN2)cc1. The minimum absolute atomic E-state index is 0.0980. The molecule has 1 aliphatic carbocycles. The molecule has 2 aromatic carbocycles. The number of carbonyl (C=O) groups is 2. The van der Waals surface area contributed by atoms with Gasteiger partial charge in [0, 0.05) is 36.5 Å². The highest BCUT2D eigenvalue weighted by atomic mass is 16.5. The molecule has 2 aromatic rings. The third kappa shape index (κ3) is 10.1. The van der Waals surface area contributed by atoms with Gasteiger partial charge in [0.2, 0.25) is 0 Å². The number of likely N-dealkylation sites (N-methyl/N-ethyl adjacent to an activating group) is 1. The van der Waals surface area contributed by atoms with Crippen LogP contribution in [0.3, 0.4) is 0 Å². The zero-order valence-corrected chi connectivity index (χ0v) is 25.1. The molecule has 1 saturated carbocycles. The number of benzene rings is 2. The Morgan fingerprint density at radius 1 is 0.976 bits per heavy atom. The van der Waals surface area contributed by atoms with Crippen LogP contribution in [0.25, 0.3) is 0 Å². The number of nitrogens with zero attached hydrogens (tertiary/aromatic N) is 2. The molecule has 9 heteroatoms. The summed E-state index contributed by atoms with van der Waals surface area (Å²) in [6.45, 7) is 8.99. The summed E-state index contributed by atoms with van der Waals surface area (Å²) in [6.07, 6.45) is 8.96. The maximum Gasteiger partial charge on any atom is 0.325 e. The summed E-state index contributed by atoms with van der Waals surface area (Å²) in [5, 5.41) is 9.47. The van der Waals surface area contributed by atoms with E-state index < -0.39 is 5.97 Å². The normalized spacial score (nSPS) is 18.9. The predicted molar refractivity (Wildman–Crippen MR) is 167 cm³/mol. The summed E-state index contributed by atoms with van der Waals surface area (Å²) >= 11 is 0. The second kappa shape index (κ2) is 16.9. The van der Waals surface area contributed by atoms with Crippen molar-refractivity contribution in [1.82, 2.24) is 15.5 Å². The van der Waals surface area contributed by atoms with Crippen molar-refractivity contribution >= 4 is 23.8 Å². The van der Waals surface area contributed by atoms with Crippen LogP contribution in [-0.2, 0) is 9.53 Å². The van der Waals surface area contributed by atoms with Crippen molar-refractivity contribution in [3.8, 4) is 5.75 Å². The molecule has 1 fully saturated rings. The van der Waals surface area contributed by atoms with Crippen molar-refractivity contribution in [2.75, 3.05) is 51.3 Å². The van der Waals surface area contributed by atoms with Gasteiger partial charge in [-0.2, -0.15) is 0 Å². The number of carbonyl (C=O) groups excluding carboxylic acids is 2. The van der Waals surface area contributed by atoms with Gasteiger partial charge in [-0.15, -0.1) is 0 Å². The van der Waals surface area contributed by atoms with E-state index in [1.807, 2.05) is 42.6 Å². The number of amides is 1. The quantitative estimate of drug-likeness (QED) is 0.261. The van der Waals surface area contributed by atoms with Crippen molar-refractivity contribution in [3.63, 3.8) is 0 Å². The third-order valence-corrected chi connectivity index (χ3v) is 8.18. The van der Waals surface area contributed by atoms with Crippen molar-refractivity contribution in [2.24, 2.45) is 10.9 Å². The summed E-state index contributed by atoms with van der Waals surface area (Å²) in [4.78, 5) is 31.5. The third-order valence-electron chi connectivity index (χ3n) is 8.18. The van der Waals surface area contributed by atoms with E-state index in [1.165, 1.54) is 32.1 Å². The average molecular weight is 578 g/mol. The van der Waals surface area contributed by atoms with E-state index >= 15 is 0 Å². The molecular weight excluding hydrogens is 530 g/mol. The molecule has 2 aliphatic rings. The maximum atomic E-state index is 12.5. The van der Waals surface area contributed by atoms with E-state index in [4.69, 9.17) is 9.47 Å². The lowest BCUT2D eigenvalue weighted by Gasteiger charge is -2.25. The highest BCUT2D eigenvalue weighted by molar-refractivity contribution is 5.96. The number of aliphatic imine (C=N–C) groups is 1. The minimum Gasteiger partial charge on any atom is -0.492 e. The number of hydrogen-bond donors (Lipinski definition) is 3. The zero-order valence-electron chi connectivity index (χ0n) is 25.1. The lowest BCUT2D eigenvalue weighted by Crippen LogP contribution is -2.41. The molecule has 2 unspecified atom stereocenters. The Bertz CT molecular complexity index is 1130. The minimum atomic E-state index is -0.390. The summed E-state index contributed by atoms with van der Waals surface area (Å²) in [7, 11) is 0. The van der Waals surface area contributed by atoms with Gasteiger partial charge in [-0.25, -0.2) is 0 Å². The Labute approximate surface area is 250 Å². The standard InChI is InChI=1S/C33H47N5O4/c1-3-38(4-2)19-21-41-30-16-14-29(15-17-30)37-33-35-22-28(23-36-33)26-10-12-27(13-11-26)32(40)34-24-31(39)42-20-18-25-8-6-5-7-9-25/h10-17,22,25,28,33,36-37H,3-9,18-21,23-24H2,1-2H3,(H,34,40). The Balaban J connectivity index is 1.15. The van der Waals surface area contributed by atoms with Crippen molar-refractivity contribution in [3.05, 3.63) is 59.7 Å². The molecule has 3 N–H and O–H groups in total. The van der Waals surface area contributed by atoms with Crippen molar-refractivity contribution < 1.29 is 19.1 Å². The van der Waals surface area contributed by atoms with Gasteiger partial charge in [-0.1, -0.05) is 58.1 Å². The topological polar surface area (TPSA) is 104 Å². The number of nitrogens with one attached hydrogen (secondary N) is 3. The summed E-state index contributed by atoms with van der Waals surface area (Å²) in [5.41, 5.74) is 2.53. The molecule has 1 heterocycles. The molecule has 42 heavy (non-hydrogen) atoms. The largest absolute Gasteiger partial charge is 0.492 e. The van der Waals surface area contributed by atoms with Crippen LogP contribution < -0.4 is 20.7 Å². The first kappa shape index (κ1) is 31.5. The van der Waals surface area contributed by atoms with E-state index in [0.29, 0.717) is 31.2 Å². The smallest absolute Gasteiger partial charge is 0.325 e. The van der Waals surface area contributed by atoms with Gasteiger partial charge in [0.05, 0.1) is 6.61 Å². The monoisotopic (exact) mass is 577 g/mol. The second-order valence-electron chi connectivity index (χ2n) is 11.1. The predicted octanol–water partition coefficient (Wildman–Crippen LogP) is 4.80. The van der Waals surface area contributed by atoms with E-state index in [-0.39, 0.29) is 24.7 Å². The fraction of sp³-hybridized carbons (Fsp3) is 0.545. The number of ether oxygens (including phenoxy) is 2. The molecule has 2 atom stereocenters. The Hall–Kier alpha value is -3.43. The highest BCUT2D eigenvalue weighted by Crippen LogP contribution is 2.26. The van der Waals surface area contributed by atoms with Crippen LogP contribution in [0.2, 0.25) is 0 Å². The van der Waals surface area contributed by atoms with Crippen molar-refractivity contribution in [2.45, 2.75) is 64.6 Å². The average Bonchev–Trinajstić information content (AvgIpc) is 3.04. The van der Waals surface area contributed by atoms with Crippen LogP contribution >= 0.6 is 0 Å². The Morgan fingerprint density at radius 2 is 1.71 bits per heavy atom. The maximum absolute atomic E-state index is 12.5. The molecular formula is C33H47N5O4. The molecule has 9 nitrogen and oxygen atoms in total. The fourth-order valence-corrected chi connectivity index (χ4v) is 5.47. The lowest BCUT2D eigenvalue weighted by atomic mass is 9.87. The molecule has 0 aromatic heterocycles. The fourth-order valence-electron chi connectivity index (χ4n) is 5.47. The summed E-state index contributed by atoms with van der Waals surface area (Å²) in [6, 6.07) is 15.4. The molecule has 1 amide bonds. The number of hydrogen-bond acceptors (Lipinski definition) is 8. The Kier molecular flexibility index (Phi) is 12.7. The van der Waals surface area contributed by atoms with E-state index in [9.17, 15) is 9.59 Å².